The molecule has 1 aromatic rings. The normalized spacial score (nSPS) is 27.5. The molecule has 0 aromatic heterocycles. The molecule has 0 saturated heterocycles. The largest absolute Gasteiger partial charge is 0.307 e. The Morgan fingerprint density at radius 2 is 1.90 bits per heavy atom. The molecule has 0 amide bonds. The molecule has 21 heavy (non-hydrogen) atoms. The molecule has 4 atom stereocenters. The molecule has 118 valence electrons. The van der Waals surface area contributed by atoms with Gasteiger partial charge in [0, 0.05) is 12.1 Å². The second-order valence-corrected chi connectivity index (χ2v) is 6.79. The van der Waals surface area contributed by atoms with Gasteiger partial charge in [0.05, 0.1) is 0 Å². The number of halogens is 1. The Bertz CT molecular complexity index is 414. The first-order valence-electron chi connectivity index (χ1n) is 8.63. The van der Waals surface area contributed by atoms with E-state index in [0.717, 1.165) is 18.3 Å². The minimum atomic E-state index is -0.146. The highest BCUT2D eigenvalue weighted by Crippen LogP contribution is 2.32. The molecule has 0 heterocycles. The van der Waals surface area contributed by atoms with Gasteiger partial charge in [-0.3, -0.25) is 0 Å². The van der Waals surface area contributed by atoms with Crippen LogP contribution in [-0.4, -0.2) is 6.04 Å². The molecule has 0 bridgehead atoms. The van der Waals surface area contributed by atoms with Gasteiger partial charge in [0.25, 0.3) is 0 Å². The van der Waals surface area contributed by atoms with Gasteiger partial charge in [0.15, 0.2) is 0 Å². The first kappa shape index (κ1) is 16.5. The molecule has 2 heteroatoms. The third kappa shape index (κ3) is 4.54. The topological polar surface area (TPSA) is 12.0 Å². The van der Waals surface area contributed by atoms with Crippen molar-refractivity contribution in [3.05, 3.63) is 35.6 Å². The number of unbranched alkanes of at least 4 members (excludes halogenated alkanes) is 1. The van der Waals surface area contributed by atoms with E-state index in [1.807, 2.05) is 12.1 Å². The molecule has 0 aliphatic heterocycles. The smallest absolute Gasteiger partial charge is 0.123 e. The van der Waals surface area contributed by atoms with Gasteiger partial charge in [-0.2, -0.15) is 0 Å². The SMILES string of the molecule is CCCCC(NC1CCCC(C)C1C)c1ccc(F)cc1. The van der Waals surface area contributed by atoms with Crippen molar-refractivity contribution in [2.45, 2.75) is 71.4 Å². The lowest BCUT2D eigenvalue weighted by Gasteiger charge is -2.37. The van der Waals surface area contributed by atoms with Crippen LogP contribution in [0.2, 0.25) is 0 Å². The second kappa shape index (κ2) is 7.93. The number of rotatable bonds is 6. The van der Waals surface area contributed by atoms with E-state index in [1.54, 1.807) is 12.1 Å². The van der Waals surface area contributed by atoms with E-state index in [0.29, 0.717) is 12.1 Å². The zero-order chi connectivity index (χ0) is 15.2. The highest BCUT2D eigenvalue weighted by atomic mass is 19.1. The zero-order valence-corrected chi connectivity index (χ0v) is 13.7. The fourth-order valence-corrected chi connectivity index (χ4v) is 3.53. The summed E-state index contributed by atoms with van der Waals surface area (Å²) >= 11 is 0. The molecule has 1 aromatic carbocycles. The van der Waals surface area contributed by atoms with Crippen molar-refractivity contribution in [2.75, 3.05) is 0 Å². The molecule has 1 nitrogen and oxygen atoms in total. The lowest BCUT2D eigenvalue weighted by atomic mass is 9.77. The van der Waals surface area contributed by atoms with Crippen LogP contribution in [0.5, 0.6) is 0 Å². The summed E-state index contributed by atoms with van der Waals surface area (Å²) in [6.45, 7) is 6.98. The molecular formula is C19H30FN. The monoisotopic (exact) mass is 291 g/mol. The molecular weight excluding hydrogens is 261 g/mol. The molecule has 0 radical (unpaired) electrons. The van der Waals surface area contributed by atoms with E-state index in [-0.39, 0.29) is 5.82 Å². The molecule has 1 saturated carbocycles. The number of nitrogens with one attached hydrogen (secondary N) is 1. The lowest BCUT2D eigenvalue weighted by Crippen LogP contribution is -2.42. The summed E-state index contributed by atoms with van der Waals surface area (Å²) in [4.78, 5) is 0. The van der Waals surface area contributed by atoms with E-state index in [2.05, 4.69) is 26.1 Å². The van der Waals surface area contributed by atoms with Gasteiger partial charge in [0.1, 0.15) is 5.82 Å². The van der Waals surface area contributed by atoms with Crippen LogP contribution in [-0.2, 0) is 0 Å². The van der Waals surface area contributed by atoms with Gasteiger partial charge in [0.2, 0.25) is 0 Å². The van der Waals surface area contributed by atoms with Crippen molar-refractivity contribution >= 4 is 0 Å². The van der Waals surface area contributed by atoms with Crippen LogP contribution in [0.15, 0.2) is 24.3 Å². The third-order valence-electron chi connectivity index (χ3n) is 5.24. The minimum Gasteiger partial charge on any atom is -0.307 e. The van der Waals surface area contributed by atoms with E-state index < -0.39 is 0 Å². The Kier molecular flexibility index (Phi) is 6.22. The van der Waals surface area contributed by atoms with E-state index in [4.69, 9.17) is 0 Å². The summed E-state index contributed by atoms with van der Waals surface area (Å²) in [6, 6.07) is 8.02. The third-order valence-corrected chi connectivity index (χ3v) is 5.24. The van der Waals surface area contributed by atoms with E-state index >= 15 is 0 Å². The summed E-state index contributed by atoms with van der Waals surface area (Å²) in [5.41, 5.74) is 1.23. The first-order valence-corrected chi connectivity index (χ1v) is 8.63. The fourth-order valence-electron chi connectivity index (χ4n) is 3.53. The van der Waals surface area contributed by atoms with Crippen molar-refractivity contribution in [2.24, 2.45) is 11.8 Å². The van der Waals surface area contributed by atoms with Crippen LogP contribution in [0.4, 0.5) is 4.39 Å². The Morgan fingerprint density at radius 1 is 1.19 bits per heavy atom. The summed E-state index contributed by atoms with van der Waals surface area (Å²) in [5, 5.41) is 3.88. The van der Waals surface area contributed by atoms with Crippen LogP contribution in [0, 0.1) is 17.7 Å². The number of benzene rings is 1. The molecule has 1 N–H and O–H groups in total. The van der Waals surface area contributed by atoms with Gasteiger partial charge in [-0.05, 0) is 42.4 Å². The van der Waals surface area contributed by atoms with Crippen LogP contribution in [0.25, 0.3) is 0 Å². The second-order valence-electron chi connectivity index (χ2n) is 6.79. The molecule has 2 rings (SSSR count). The van der Waals surface area contributed by atoms with Gasteiger partial charge in [-0.1, -0.05) is 58.6 Å². The molecule has 0 spiro atoms. The summed E-state index contributed by atoms with van der Waals surface area (Å²) in [5.74, 6) is 1.38. The van der Waals surface area contributed by atoms with Crippen molar-refractivity contribution in [1.82, 2.24) is 5.32 Å². The average molecular weight is 291 g/mol. The van der Waals surface area contributed by atoms with Crippen LogP contribution < -0.4 is 5.32 Å². The van der Waals surface area contributed by atoms with E-state index in [9.17, 15) is 4.39 Å². The van der Waals surface area contributed by atoms with Crippen molar-refractivity contribution in [3.8, 4) is 0 Å². The quantitative estimate of drug-likeness (QED) is 0.732. The van der Waals surface area contributed by atoms with E-state index in [1.165, 1.54) is 37.7 Å². The van der Waals surface area contributed by atoms with Crippen LogP contribution in [0.3, 0.4) is 0 Å². The number of hydrogen-bond acceptors (Lipinski definition) is 1. The van der Waals surface area contributed by atoms with Crippen molar-refractivity contribution < 1.29 is 4.39 Å². The zero-order valence-electron chi connectivity index (χ0n) is 13.7. The predicted octanol–water partition coefficient (Wildman–Crippen LogP) is 5.47. The van der Waals surface area contributed by atoms with Gasteiger partial charge in [-0.25, -0.2) is 4.39 Å². The summed E-state index contributed by atoms with van der Waals surface area (Å²) < 4.78 is 13.2. The Balaban J connectivity index is 2.06. The average Bonchev–Trinajstić information content (AvgIpc) is 2.49. The molecule has 4 unspecified atom stereocenters. The van der Waals surface area contributed by atoms with Crippen LogP contribution in [0.1, 0.15) is 70.9 Å². The van der Waals surface area contributed by atoms with Crippen molar-refractivity contribution in [1.29, 1.82) is 0 Å². The Hall–Kier alpha value is -0.890. The standard InChI is InChI=1S/C19H30FN/c1-4-5-8-19(16-10-12-17(20)13-11-16)21-18-9-6-7-14(2)15(18)3/h10-15,18-19,21H,4-9H2,1-3H3. The highest BCUT2D eigenvalue weighted by molar-refractivity contribution is 5.20. The molecule has 1 aliphatic rings. The van der Waals surface area contributed by atoms with Gasteiger partial charge in [-0.15, -0.1) is 0 Å². The molecule has 1 aliphatic carbocycles. The lowest BCUT2D eigenvalue weighted by molar-refractivity contribution is 0.190. The fraction of sp³-hybridized carbons (Fsp3) is 0.684. The number of hydrogen-bond donors (Lipinski definition) is 1. The van der Waals surface area contributed by atoms with Gasteiger partial charge < -0.3 is 5.32 Å². The Labute approximate surface area is 129 Å². The molecule has 1 fully saturated rings. The Morgan fingerprint density at radius 3 is 2.57 bits per heavy atom. The summed E-state index contributed by atoms with van der Waals surface area (Å²) in [7, 11) is 0. The highest BCUT2D eigenvalue weighted by Gasteiger charge is 2.28. The van der Waals surface area contributed by atoms with Crippen LogP contribution >= 0.6 is 0 Å². The maximum Gasteiger partial charge on any atom is 0.123 e. The first-order chi connectivity index (χ1) is 10.1. The van der Waals surface area contributed by atoms with Crippen molar-refractivity contribution in [3.63, 3.8) is 0 Å². The summed E-state index contributed by atoms with van der Waals surface area (Å²) in [6.07, 6.45) is 7.51. The van der Waals surface area contributed by atoms with Gasteiger partial charge >= 0.3 is 0 Å². The minimum absolute atomic E-state index is 0.146. The maximum atomic E-state index is 13.2. The predicted molar refractivity (Wildman–Crippen MR) is 87.8 cm³/mol. The maximum absolute atomic E-state index is 13.2.